The Morgan fingerprint density at radius 1 is 1.50 bits per heavy atom. The van der Waals surface area contributed by atoms with Crippen LogP contribution in [-0.4, -0.2) is 30.5 Å². The zero-order valence-electron chi connectivity index (χ0n) is 7.25. The third-order valence-corrected chi connectivity index (χ3v) is 2.22. The van der Waals surface area contributed by atoms with Gasteiger partial charge in [0.1, 0.15) is 0 Å². The summed E-state index contributed by atoms with van der Waals surface area (Å²) < 4.78 is 4.44. The van der Waals surface area contributed by atoms with Crippen molar-refractivity contribution >= 4 is 6.09 Å². The van der Waals surface area contributed by atoms with E-state index in [2.05, 4.69) is 10.1 Å². The average molecular weight is 173 g/mol. The molecule has 4 heteroatoms. The highest BCUT2D eigenvalue weighted by Gasteiger charge is 2.24. The summed E-state index contributed by atoms with van der Waals surface area (Å²) >= 11 is 0. The van der Waals surface area contributed by atoms with Gasteiger partial charge in [0, 0.05) is 0 Å². The van der Waals surface area contributed by atoms with Crippen LogP contribution in [-0.2, 0) is 4.74 Å². The van der Waals surface area contributed by atoms with E-state index in [1.54, 1.807) is 0 Å². The van der Waals surface area contributed by atoms with Crippen LogP contribution in [0.3, 0.4) is 0 Å². The van der Waals surface area contributed by atoms with Gasteiger partial charge >= 0.3 is 6.09 Å². The summed E-state index contributed by atoms with van der Waals surface area (Å²) in [7, 11) is 1.32. The predicted molar refractivity (Wildman–Crippen MR) is 43.8 cm³/mol. The number of aliphatic hydroxyl groups is 1. The number of ether oxygens (including phenoxy) is 1. The first kappa shape index (κ1) is 9.32. The van der Waals surface area contributed by atoms with Gasteiger partial charge in [-0.05, 0) is 12.8 Å². The fourth-order valence-corrected chi connectivity index (χ4v) is 1.49. The molecule has 0 aromatic rings. The number of amides is 1. The van der Waals surface area contributed by atoms with E-state index in [4.69, 9.17) is 0 Å². The van der Waals surface area contributed by atoms with Crippen LogP contribution in [0.2, 0.25) is 0 Å². The molecule has 0 saturated heterocycles. The first-order valence-electron chi connectivity index (χ1n) is 4.26. The molecule has 1 amide bonds. The van der Waals surface area contributed by atoms with Crippen LogP contribution >= 0.6 is 0 Å². The van der Waals surface area contributed by atoms with Crippen LogP contribution in [0, 0.1) is 0 Å². The molecular weight excluding hydrogens is 158 g/mol. The van der Waals surface area contributed by atoms with Gasteiger partial charge in [0.2, 0.25) is 0 Å². The minimum Gasteiger partial charge on any atom is -0.453 e. The van der Waals surface area contributed by atoms with Gasteiger partial charge in [-0.1, -0.05) is 12.8 Å². The summed E-state index contributed by atoms with van der Waals surface area (Å²) in [5.41, 5.74) is 0. The van der Waals surface area contributed by atoms with E-state index in [1.165, 1.54) is 7.11 Å². The molecule has 1 saturated carbocycles. The van der Waals surface area contributed by atoms with Gasteiger partial charge in [0.15, 0.2) is 0 Å². The van der Waals surface area contributed by atoms with E-state index in [0.29, 0.717) is 0 Å². The number of alkyl carbamates (subject to hydrolysis) is 1. The van der Waals surface area contributed by atoms with E-state index in [1.807, 2.05) is 0 Å². The van der Waals surface area contributed by atoms with Gasteiger partial charge in [-0.15, -0.1) is 0 Å². The molecule has 70 valence electrons. The molecular formula is C8H15NO3. The lowest BCUT2D eigenvalue weighted by Gasteiger charge is -2.27. The molecule has 2 atom stereocenters. The van der Waals surface area contributed by atoms with E-state index >= 15 is 0 Å². The number of nitrogens with one attached hydrogen (secondary N) is 1. The van der Waals surface area contributed by atoms with Crippen molar-refractivity contribution in [3.05, 3.63) is 0 Å². The molecule has 0 heterocycles. The lowest BCUT2D eigenvalue weighted by atomic mass is 9.93. The number of carbonyl (C=O) groups excluding carboxylic acids is 1. The Bertz CT molecular complexity index is 160. The maximum atomic E-state index is 10.8. The zero-order chi connectivity index (χ0) is 8.97. The second-order valence-corrected chi connectivity index (χ2v) is 3.09. The topological polar surface area (TPSA) is 58.6 Å². The molecule has 0 bridgehead atoms. The van der Waals surface area contributed by atoms with Crippen molar-refractivity contribution in [3.63, 3.8) is 0 Å². The number of methoxy groups -OCH3 is 1. The molecule has 1 fully saturated rings. The molecule has 0 aromatic carbocycles. The molecule has 4 nitrogen and oxygen atoms in total. The lowest BCUT2D eigenvalue weighted by molar-refractivity contribution is 0.0846. The fourth-order valence-electron chi connectivity index (χ4n) is 1.49. The summed E-state index contributed by atoms with van der Waals surface area (Å²) in [6, 6.07) is -0.119. The monoisotopic (exact) mass is 173 g/mol. The Hall–Kier alpha value is -0.770. The number of carbonyl (C=O) groups is 1. The van der Waals surface area contributed by atoms with E-state index in [9.17, 15) is 9.90 Å². The van der Waals surface area contributed by atoms with Crippen LogP contribution in [0.4, 0.5) is 4.79 Å². The first-order valence-corrected chi connectivity index (χ1v) is 4.26. The van der Waals surface area contributed by atoms with Crippen molar-refractivity contribution in [1.82, 2.24) is 5.32 Å². The van der Waals surface area contributed by atoms with Gasteiger partial charge < -0.3 is 15.2 Å². The second kappa shape index (κ2) is 4.30. The van der Waals surface area contributed by atoms with Crippen LogP contribution in [0.15, 0.2) is 0 Å². The van der Waals surface area contributed by atoms with Gasteiger partial charge in [-0.3, -0.25) is 0 Å². The van der Waals surface area contributed by atoms with Crippen LogP contribution < -0.4 is 5.32 Å². The summed E-state index contributed by atoms with van der Waals surface area (Å²) in [6.45, 7) is 0. The largest absolute Gasteiger partial charge is 0.453 e. The standard InChI is InChI=1S/C8H15NO3/c1-12-8(11)9-6-4-2-3-5-7(6)10/h6-7,10H,2-5H2,1H3,(H,9,11)/t6?,7-/m0/s1. The Labute approximate surface area is 71.9 Å². The van der Waals surface area contributed by atoms with Crippen molar-refractivity contribution < 1.29 is 14.6 Å². The minimum absolute atomic E-state index is 0.119. The van der Waals surface area contributed by atoms with Crippen LogP contribution in [0.1, 0.15) is 25.7 Å². The van der Waals surface area contributed by atoms with Gasteiger partial charge in [-0.2, -0.15) is 0 Å². The number of hydrogen-bond donors (Lipinski definition) is 2. The summed E-state index contributed by atoms with van der Waals surface area (Å²) in [5.74, 6) is 0. The smallest absolute Gasteiger partial charge is 0.407 e. The van der Waals surface area contributed by atoms with Gasteiger partial charge in [0.05, 0.1) is 19.3 Å². The molecule has 1 rings (SSSR count). The third-order valence-electron chi connectivity index (χ3n) is 2.22. The quantitative estimate of drug-likeness (QED) is 0.612. The number of hydrogen-bond acceptors (Lipinski definition) is 3. The Morgan fingerprint density at radius 3 is 2.75 bits per heavy atom. The molecule has 1 aliphatic carbocycles. The third kappa shape index (κ3) is 2.37. The molecule has 1 unspecified atom stereocenters. The van der Waals surface area contributed by atoms with Crippen molar-refractivity contribution in [2.45, 2.75) is 37.8 Å². The minimum atomic E-state index is -0.457. The van der Waals surface area contributed by atoms with E-state index in [0.717, 1.165) is 25.7 Å². The highest BCUT2D eigenvalue weighted by atomic mass is 16.5. The maximum Gasteiger partial charge on any atom is 0.407 e. The van der Waals surface area contributed by atoms with E-state index < -0.39 is 12.2 Å². The van der Waals surface area contributed by atoms with E-state index in [-0.39, 0.29) is 6.04 Å². The Morgan fingerprint density at radius 2 is 2.17 bits per heavy atom. The molecule has 0 aliphatic heterocycles. The highest BCUT2D eigenvalue weighted by Crippen LogP contribution is 2.18. The normalized spacial score (nSPS) is 29.5. The number of rotatable bonds is 1. The van der Waals surface area contributed by atoms with Gasteiger partial charge in [-0.25, -0.2) is 4.79 Å². The Balaban J connectivity index is 2.33. The highest BCUT2D eigenvalue weighted by molar-refractivity contribution is 5.67. The lowest BCUT2D eigenvalue weighted by Crippen LogP contribution is -2.44. The zero-order valence-corrected chi connectivity index (χ0v) is 7.25. The van der Waals surface area contributed by atoms with Crippen molar-refractivity contribution in [2.24, 2.45) is 0 Å². The second-order valence-electron chi connectivity index (χ2n) is 3.09. The van der Waals surface area contributed by atoms with Gasteiger partial charge in [0.25, 0.3) is 0 Å². The Kier molecular flexibility index (Phi) is 3.34. The van der Waals surface area contributed by atoms with Crippen molar-refractivity contribution in [3.8, 4) is 0 Å². The molecule has 0 radical (unpaired) electrons. The summed E-state index contributed by atoms with van der Waals surface area (Å²) in [4.78, 5) is 10.8. The average Bonchev–Trinajstić information content (AvgIpc) is 2.09. The summed E-state index contributed by atoms with van der Waals surface area (Å²) in [5, 5.41) is 12.1. The van der Waals surface area contributed by atoms with Crippen LogP contribution in [0.5, 0.6) is 0 Å². The molecule has 0 spiro atoms. The first-order chi connectivity index (χ1) is 5.74. The van der Waals surface area contributed by atoms with Crippen molar-refractivity contribution in [2.75, 3.05) is 7.11 Å². The predicted octanol–water partition coefficient (Wildman–Crippen LogP) is 0.646. The summed E-state index contributed by atoms with van der Waals surface area (Å²) in [6.07, 6.45) is 2.86. The molecule has 1 aliphatic rings. The maximum absolute atomic E-state index is 10.8. The molecule has 2 N–H and O–H groups in total. The van der Waals surface area contributed by atoms with Crippen LogP contribution in [0.25, 0.3) is 0 Å². The molecule has 0 aromatic heterocycles. The molecule has 12 heavy (non-hydrogen) atoms. The van der Waals surface area contributed by atoms with Crippen molar-refractivity contribution in [1.29, 1.82) is 0 Å². The SMILES string of the molecule is COC(=O)NC1CCCC[C@@H]1O. The fraction of sp³-hybridized carbons (Fsp3) is 0.875. The number of aliphatic hydroxyl groups excluding tert-OH is 1.